The summed E-state index contributed by atoms with van der Waals surface area (Å²) in [6, 6.07) is -0.250. The summed E-state index contributed by atoms with van der Waals surface area (Å²) in [4.78, 5) is 24.9. The molecule has 1 heterocycles. The Morgan fingerprint density at radius 1 is 1.45 bits per heavy atom. The minimum absolute atomic E-state index is 0.207. The summed E-state index contributed by atoms with van der Waals surface area (Å²) >= 11 is 0. The van der Waals surface area contributed by atoms with Crippen molar-refractivity contribution in [3.05, 3.63) is 0 Å². The number of hydrogen-bond donors (Lipinski definition) is 2. The molecule has 1 aliphatic heterocycles. The minimum Gasteiger partial charge on any atom is -0.481 e. The monoisotopic (exact) mass is 288 g/mol. The Kier molecular flexibility index (Phi) is 6.22. The molecule has 116 valence electrons. The number of carboxylic acid groups (broad SMARTS) is 1. The number of hydrogen-bond acceptors (Lipinski definition) is 4. The van der Waals surface area contributed by atoms with E-state index in [1.807, 2.05) is 6.92 Å². The number of carbonyl (C=O) groups is 2. The average Bonchev–Trinajstić information content (AvgIpc) is 2.89. The van der Waals surface area contributed by atoms with E-state index in [1.54, 1.807) is 19.1 Å². The quantitative estimate of drug-likeness (QED) is 0.714. The number of nitrogens with zero attached hydrogens (tertiary/aromatic N) is 1. The number of carboxylic acids is 1. The predicted molar refractivity (Wildman–Crippen MR) is 72.6 cm³/mol. The fourth-order valence-corrected chi connectivity index (χ4v) is 2.37. The largest absolute Gasteiger partial charge is 0.481 e. The maximum Gasteiger partial charge on any atom is 0.317 e. The van der Waals surface area contributed by atoms with Crippen LogP contribution in [0.4, 0.5) is 4.79 Å². The summed E-state index contributed by atoms with van der Waals surface area (Å²) in [6.07, 6.45) is 0.816. The van der Waals surface area contributed by atoms with E-state index in [0.717, 1.165) is 0 Å². The number of ether oxygens (including phenoxy) is 2. The van der Waals surface area contributed by atoms with Crippen molar-refractivity contribution in [2.45, 2.75) is 25.9 Å². The zero-order chi connectivity index (χ0) is 15.2. The molecule has 2 unspecified atom stereocenters. The van der Waals surface area contributed by atoms with Crippen LogP contribution in [-0.4, -0.2) is 68.6 Å². The lowest BCUT2D eigenvalue weighted by Crippen LogP contribution is -2.44. The lowest BCUT2D eigenvalue weighted by Gasteiger charge is -2.24. The summed E-state index contributed by atoms with van der Waals surface area (Å²) in [6.45, 7) is 3.30. The zero-order valence-electron chi connectivity index (χ0n) is 12.3. The van der Waals surface area contributed by atoms with Crippen molar-refractivity contribution in [1.29, 1.82) is 0 Å². The van der Waals surface area contributed by atoms with Gasteiger partial charge in [-0.05, 0) is 12.8 Å². The van der Waals surface area contributed by atoms with E-state index < -0.39 is 11.4 Å². The Morgan fingerprint density at radius 2 is 2.15 bits per heavy atom. The number of amides is 2. The smallest absolute Gasteiger partial charge is 0.317 e. The molecule has 0 aliphatic carbocycles. The lowest BCUT2D eigenvalue weighted by atomic mass is 9.84. The van der Waals surface area contributed by atoms with E-state index in [2.05, 4.69) is 5.32 Å². The molecule has 0 radical (unpaired) electrons. The van der Waals surface area contributed by atoms with Gasteiger partial charge in [-0.1, -0.05) is 6.92 Å². The highest BCUT2D eigenvalue weighted by Crippen LogP contribution is 2.34. The third-order valence-electron chi connectivity index (χ3n) is 3.94. The van der Waals surface area contributed by atoms with Crippen LogP contribution < -0.4 is 5.32 Å². The van der Waals surface area contributed by atoms with Crippen LogP contribution in [0.5, 0.6) is 0 Å². The molecule has 2 amide bonds. The fraction of sp³-hybridized carbons (Fsp3) is 0.846. The van der Waals surface area contributed by atoms with Crippen molar-refractivity contribution >= 4 is 12.0 Å². The maximum atomic E-state index is 12.0. The molecule has 1 saturated heterocycles. The van der Waals surface area contributed by atoms with Gasteiger partial charge in [-0.25, -0.2) is 4.79 Å². The number of carbonyl (C=O) groups excluding carboxylic acids is 1. The molecule has 1 fully saturated rings. The molecule has 2 atom stereocenters. The molecular weight excluding hydrogens is 264 g/mol. The Labute approximate surface area is 119 Å². The van der Waals surface area contributed by atoms with E-state index in [-0.39, 0.29) is 18.7 Å². The molecule has 0 spiro atoms. The van der Waals surface area contributed by atoms with Crippen LogP contribution in [-0.2, 0) is 14.3 Å². The van der Waals surface area contributed by atoms with Crippen LogP contribution in [0.1, 0.15) is 19.8 Å². The third-order valence-corrected chi connectivity index (χ3v) is 3.94. The van der Waals surface area contributed by atoms with Crippen LogP contribution in [0.15, 0.2) is 0 Å². The van der Waals surface area contributed by atoms with E-state index >= 15 is 0 Å². The molecular formula is C13H24N2O5. The molecule has 0 aromatic rings. The van der Waals surface area contributed by atoms with Gasteiger partial charge in [0, 0.05) is 33.9 Å². The molecule has 7 nitrogen and oxygen atoms in total. The van der Waals surface area contributed by atoms with Gasteiger partial charge in [-0.3, -0.25) is 4.79 Å². The molecule has 20 heavy (non-hydrogen) atoms. The van der Waals surface area contributed by atoms with E-state index in [1.165, 1.54) is 0 Å². The molecule has 1 aliphatic rings. The first-order valence-electron chi connectivity index (χ1n) is 6.77. The van der Waals surface area contributed by atoms with Crippen LogP contribution in [0.3, 0.4) is 0 Å². The van der Waals surface area contributed by atoms with E-state index in [9.17, 15) is 14.7 Å². The van der Waals surface area contributed by atoms with Gasteiger partial charge in [-0.2, -0.15) is 0 Å². The Bertz CT molecular complexity index is 350. The molecule has 1 rings (SSSR count). The number of urea groups is 1. The first-order chi connectivity index (χ1) is 9.49. The maximum absolute atomic E-state index is 12.0. The number of rotatable bonds is 7. The summed E-state index contributed by atoms with van der Waals surface area (Å²) in [5.41, 5.74) is -0.801. The Morgan fingerprint density at radius 3 is 2.60 bits per heavy atom. The summed E-state index contributed by atoms with van der Waals surface area (Å²) in [7, 11) is 3.12. The molecule has 0 aromatic carbocycles. The summed E-state index contributed by atoms with van der Waals surface area (Å²) < 4.78 is 10.1. The van der Waals surface area contributed by atoms with Crippen LogP contribution in [0, 0.1) is 5.41 Å². The van der Waals surface area contributed by atoms with Crippen molar-refractivity contribution in [2.24, 2.45) is 5.41 Å². The summed E-state index contributed by atoms with van der Waals surface area (Å²) in [5, 5.41) is 12.0. The molecule has 0 aromatic heterocycles. The van der Waals surface area contributed by atoms with Crippen LogP contribution >= 0.6 is 0 Å². The van der Waals surface area contributed by atoms with E-state index in [0.29, 0.717) is 32.5 Å². The molecule has 0 saturated carbocycles. The van der Waals surface area contributed by atoms with Crippen LogP contribution in [0.25, 0.3) is 0 Å². The number of methoxy groups -OCH3 is 2. The van der Waals surface area contributed by atoms with E-state index in [4.69, 9.17) is 9.47 Å². The van der Waals surface area contributed by atoms with Gasteiger partial charge in [0.1, 0.15) is 0 Å². The highest BCUT2D eigenvalue weighted by Gasteiger charge is 2.44. The van der Waals surface area contributed by atoms with Crippen molar-refractivity contribution < 1.29 is 24.2 Å². The predicted octanol–water partition coefficient (Wildman–Crippen LogP) is 0.544. The van der Waals surface area contributed by atoms with Crippen molar-refractivity contribution in [3.8, 4) is 0 Å². The van der Waals surface area contributed by atoms with Crippen molar-refractivity contribution in [2.75, 3.05) is 40.5 Å². The normalized spacial score (nSPS) is 23.6. The first kappa shape index (κ1) is 16.7. The van der Waals surface area contributed by atoms with Gasteiger partial charge >= 0.3 is 12.0 Å². The summed E-state index contributed by atoms with van der Waals surface area (Å²) in [5.74, 6) is -0.829. The Hall–Kier alpha value is -1.34. The second-order valence-corrected chi connectivity index (χ2v) is 5.11. The van der Waals surface area contributed by atoms with Gasteiger partial charge in [0.15, 0.2) is 0 Å². The van der Waals surface area contributed by atoms with Crippen molar-refractivity contribution in [3.63, 3.8) is 0 Å². The minimum atomic E-state index is -0.829. The van der Waals surface area contributed by atoms with Crippen LogP contribution in [0.2, 0.25) is 0 Å². The van der Waals surface area contributed by atoms with Gasteiger partial charge < -0.3 is 24.8 Å². The standard InChI is InChI=1S/C13H24N2O5/c1-4-13(11(16)17)5-6-15(9-13)12(18)14-7-10(20-3)8-19-2/h10H,4-9H2,1-3H3,(H,14,18)(H,16,17). The van der Waals surface area contributed by atoms with Gasteiger partial charge in [0.05, 0.1) is 18.1 Å². The zero-order valence-corrected chi connectivity index (χ0v) is 12.3. The van der Waals surface area contributed by atoms with Gasteiger partial charge in [0.2, 0.25) is 0 Å². The molecule has 7 heteroatoms. The second kappa shape index (κ2) is 7.44. The van der Waals surface area contributed by atoms with Crippen molar-refractivity contribution in [1.82, 2.24) is 10.2 Å². The molecule has 2 N–H and O–H groups in total. The molecule has 0 bridgehead atoms. The second-order valence-electron chi connectivity index (χ2n) is 5.11. The fourth-order valence-electron chi connectivity index (χ4n) is 2.37. The van der Waals surface area contributed by atoms with Gasteiger partial charge in [0.25, 0.3) is 0 Å². The SMILES string of the molecule is CCC1(C(=O)O)CCN(C(=O)NCC(COC)OC)C1. The highest BCUT2D eigenvalue weighted by atomic mass is 16.5. The topological polar surface area (TPSA) is 88.1 Å². The number of nitrogens with one attached hydrogen (secondary N) is 1. The highest BCUT2D eigenvalue weighted by molar-refractivity contribution is 5.79. The number of likely N-dealkylation sites (tertiary alicyclic amines) is 1. The Balaban J connectivity index is 2.48. The first-order valence-corrected chi connectivity index (χ1v) is 6.77. The average molecular weight is 288 g/mol. The lowest BCUT2D eigenvalue weighted by molar-refractivity contribution is -0.148. The number of aliphatic carboxylic acids is 1. The third kappa shape index (κ3) is 3.83. The van der Waals surface area contributed by atoms with Gasteiger partial charge in [-0.15, -0.1) is 0 Å².